The van der Waals surface area contributed by atoms with Gasteiger partial charge in [-0.1, -0.05) is 26.0 Å². The van der Waals surface area contributed by atoms with Gasteiger partial charge in [-0.15, -0.1) is 0 Å². The lowest BCUT2D eigenvalue weighted by molar-refractivity contribution is 0.0239. The first-order chi connectivity index (χ1) is 8.63. The number of aryl methyl sites for hydroxylation is 1. The van der Waals surface area contributed by atoms with Crippen LogP contribution in [0.2, 0.25) is 0 Å². The van der Waals surface area contributed by atoms with Crippen LogP contribution in [0, 0.1) is 0 Å². The van der Waals surface area contributed by atoms with Gasteiger partial charge in [-0.3, -0.25) is 0 Å². The Hall–Kier alpha value is -1.06. The molecule has 0 saturated carbocycles. The third-order valence-electron chi connectivity index (χ3n) is 3.48. The summed E-state index contributed by atoms with van der Waals surface area (Å²) in [4.78, 5) is 0. The lowest BCUT2D eigenvalue weighted by atomic mass is 9.90. The summed E-state index contributed by atoms with van der Waals surface area (Å²) in [5.41, 5.74) is 6.07. The fourth-order valence-electron chi connectivity index (χ4n) is 1.95. The average Bonchev–Trinajstić information content (AvgIpc) is 2.43. The molecule has 3 nitrogen and oxygen atoms in total. The van der Waals surface area contributed by atoms with Gasteiger partial charge < -0.3 is 15.6 Å². The van der Waals surface area contributed by atoms with Gasteiger partial charge in [0.25, 0.3) is 0 Å². The Labute approximate surface area is 110 Å². The van der Waals surface area contributed by atoms with E-state index in [4.69, 9.17) is 10.5 Å². The van der Waals surface area contributed by atoms with E-state index in [0.717, 1.165) is 31.4 Å². The van der Waals surface area contributed by atoms with Gasteiger partial charge in [-0.2, -0.15) is 0 Å². The molecule has 0 atom stereocenters. The second-order valence-electron chi connectivity index (χ2n) is 4.72. The van der Waals surface area contributed by atoms with Crippen LogP contribution in [-0.2, 0) is 6.42 Å². The molecule has 1 rings (SSSR count). The van der Waals surface area contributed by atoms with Crippen molar-refractivity contribution in [3.05, 3.63) is 29.8 Å². The van der Waals surface area contributed by atoms with Crippen molar-refractivity contribution in [3.63, 3.8) is 0 Å². The molecular weight excluding hydrogens is 226 g/mol. The third-order valence-corrected chi connectivity index (χ3v) is 3.48. The van der Waals surface area contributed by atoms with Crippen LogP contribution >= 0.6 is 0 Å². The number of rotatable bonds is 8. The van der Waals surface area contributed by atoms with E-state index in [1.165, 1.54) is 5.56 Å². The van der Waals surface area contributed by atoms with E-state index in [1.54, 1.807) is 0 Å². The Morgan fingerprint density at radius 3 is 2.61 bits per heavy atom. The normalized spacial score (nSPS) is 11.6. The molecule has 0 unspecified atom stereocenters. The number of hydrogen-bond acceptors (Lipinski definition) is 3. The molecule has 1 aromatic rings. The molecule has 0 fully saturated rings. The van der Waals surface area contributed by atoms with E-state index in [9.17, 15) is 5.11 Å². The predicted octanol–water partition coefficient (Wildman–Crippen LogP) is 2.51. The lowest BCUT2D eigenvalue weighted by Crippen LogP contribution is -2.27. The zero-order valence-corrected chi connectivity index (χ0v) is 11.5. The molecule has 3 heteroatoms. The van der Waals surface area contributed by atoms with E-state index in [-0.39, 0.29) is 0 Å². The van der Waals surface area contributed by atoms with Gasteiger partial charge in [-0.25, -0.2) is 0 Å². The summed E-state index contributed by atoms with van der Waals surface area (Å²) in [6.45, 7) is 5.13. The van der Waals surface area contributed by atoms with E-state index in [1.807, 2.05) is 32.0 Å². The van der Waals surface area contributed by atoms with Crippen LogP contribution in [0.4, 0.5) is 0 Å². The second-order valence-corrected chi connectivity index (χ2v) is 4.72. The molecule has 0 aliphatic heterocycles. The first-order valence-electron chi connectivity index (χ1n) is 6.77. The molecule has 1 aromatic carbocycles. The van der Waals surface area contributed by atoms with Crippen molar-refractivity contribution < 1.29 is 9.84 Å². The molecule has 0 aromatic heterocycles. The zero-order chi connectivity index (χ0) is 13.4. The van der Waals surface area contributed by atoms with Crippen LogP contribution in [0.15, 0.2) is 24.3 Å². The highest BCUT2D eigenvalue weighted by atomic mass is 16.5. The minimum Gasteiger partial charge on any atom is -0.492 e. The van der Waals surface area contributed by atoms with Crippen molar-refractivity contribution in [1.29, 1.82) is 0 Å². The standard InChI is InChI=1S/C15H25NO2/c1-3-15(17,4-2)9-8-13-6-5-7-14(12-13)18-11-10-16/h5-7,12,17H,3-4,8-11,16H2,1-2H3. The van der Waals surface area contributed by atoms with Crippen molar-refractivity contribution in [3.8, 4) is 5.75 Å². The number of ether oxygens (including phenoxy) is 1. The van der Waals surface area contributed by atoms with Crippen molar-refractivity contribution in [2.45, 2.75) is 45.1 Å². The van der Waals surface area contributed by atoms with Gasteiger partial charge in [0.15, 0.2) is 0 Å². The van der Waals surface area contributed by atoms with Crippen molar-refractivity contribution >= 4 is 0 Å². The van der Waals surface area contributed by atoms with Gasteiger partial charge >= 0.3 is 0 Å². The summed E-state index contributed by atoms with van der Waals surface area (Å²) in [5, 5.41) is 10.3. The molecule has 0 saturated heterocycles. The van der Waals surface area contributed by atoms with Gasteiger partial charge in [-0.05, 0) is 43.4 Å². The molecule has 0 heterocycles. The summed E-state index contributed by atoms with van der Waals surface area (Å²) in [6, 6.07) is 8.02. The first-order valence-corrected chi connectivity index (χ1v) is 6.77. The Morgan fingerprint density at radius 2 is 2.00 bits per heavy atom. The molecule has 0 bridgehead atoms. The molecule has 0 spiro atoms. The molecule has 3 N–H and O–H groups in total. The molecule has 0 amide bonds. The smallest absolute Gasteiger partial charge is 0.119 e. The van der Waals surface area contributed by atoms with Gasteiger partial charge in [0.1, 0.15) is 12.4 Å². The molecular formula is C15H25NO2. The number of benzene rings is 1. The van der Waals surface area contributed by atoms with Crippen LogP contribution in [0.1, 0.15) is 38.7 Å². The number of hydrogen-bond donors (Lipinski definition) is 2. The highest BCUT2D eigenvalue weighted by Gasteiger charge is 2.21. The largest absolute Gasteiger partial charge is 0.492 e. The average molecular weight is 251 g/mol. The maximum absolute atomic E-state index is 10.3. The van der Waals surface area contributed by atoms with Crippen LogP contribution in [0.25, 0.3) is 0 Å². The summed E-state index contributed by atoms with van der Waals surface area (Å²) < 4.78 is 5.49. The Balaban J connectivity index is 2.56. The zero-order valence-electron chi connectivity index (χ0n) is 11.5. The van der Waals surface area contributed by atoms with Gasteiger partial charge in [0.05, 0.1) is 5.60 Å². The van der Waals surface area contributed by atoms with Crippen LogP contribution in [0.5, 0.6) is 5.75 Å². The maximum atomic E-state index is 10.3. The highest BCUT2D eigenvalue weighted by molar-refractivity contribution is 5.28. The third kappa shape index (κ3) is 4.67. The monoisotopic (exact) mass is 251 g/mol. The molecule has 0 aliphatic carbocycles. The summed E-state index contributed by atoms with van der Waals surface area (Å²) in [7, 11) is 0. The Morgan fingerprint density at radius 1 is 1.28 bits per heavy atom. The van der Waals surface area contributed by atoms with Crippen molar-refractivity contribution in [2.24, 2.45) is 5.73 Å². The van der Waals surface area contributed by atoms with E-state index in [2.05, 4.69) is 6.07 Å². The Bertz CT molecular complexity index is 348. The van der Waals surface area contributed by atoms with E-state index >= 15 is 0 Å². The molecule has 0 radical (unpaired) electrons. The van der Waals surface area contributed by atoms with E-state index < -0.39 is 5.60 Å². The first kappa shape index (κ1) is 15.0. The summed E-state index contributed by atoms with van der Waals surface area (Å²) in [6.07, 6.45) is 3.26. The fourth-order valence-corrected chi connectivity index (χ4v) is 1.95. The summed E-state index contributed by atoms with van der Waals surface area (Å²) in [5.74, 6) is 0.856. The highest BCUT2D eigenvalue weighted by Crippen LogP contribution is 2.23. The fraction of sp³-hybridized carbons (Fsp3) is 0.600. The number of aliphatic hydroxyl groups is 1. The van der Waals surface area contributed by atoms with Crippen molar-refractivity contribution in [2.75, 3.05) is 13.2 Å². The SMILES string of the molecule is CCC(O)(CC)CCc1cccc(OCCN)c1. The second kappa shape index (κ2) is 7.39. The minimum atomic E-state index is -0.534. The minimum absolute atomic E-state index is 0.523. The molecule has 102 valence electrons. The summed E-state index contributed by atoms with van der Waals surface area (Å²) >= 11 is 0. The quantitative estimate of drug-likeness (QED) is 0.746. The lowest BCUT2D eigenvalue weighted by Gasteiger charge is -2.25. The van der Waals surface area contributed by atoms with Gasteiger partial charge in [0.2, 0.25) is 0 Å². The number of nitrogens with two attached hydrogens (primary N) is 1. The topological polar surface area (TPSA) is 55.5 Å². The molecule has 0 aliphatic rings. The maximum Gasteiger partial charge on any atom is 0.119 e. The van der Waals surface area contributed by atoms with Gasteiger partial charge in [0, 0.05) is 6.54 Å². The van der Waals surface area contributed by atoms with Crippen LogP contribution in [0.3, 0.4) is 0 Å². The van der Waals surface area contributed by atoms with Crippen LogP contribution < -0.4 is 10.5 Å². The molecule has 18 heavy (non-hydrogen) atoms. The van der Waals surface area contributed by atoms with Crippen LogP contribution in [-0.4, -0.2) is 23.9 Å². The van der Waals surface area contributed by atoms with E-state index in [0.29, 0.717) is 13.2 Å². The predicted molar refractivity (Wildman–Crippen MR) is 74.8 cm³/mol. The van der Waals surface area contributed by atoms with Crippen molar-refractivity contribution in [1.82, 2.24) is 0 Å². The Kier molecular flexibility index (Phi) is 6.16.